The molecule has 0 aromatic rings. The zero-order valence-corrected chi connectivity index (χ0v) is 12.0. The second-order valence-corrected chi connectivity index (χ2v) is 4.98. The minimum absolute atomic E-state index is 1.75. The van der Waals surface area contributed by atoms with Crippen LogP contribution in [0.5, 0.6) is 0 Å². The topological polar surface area (TPSA) is 72.7 Å². The van der Waals surface area contributed by atoms with Crippen LogP contribution in [0.15, 0.2) is 0 Å². The molecule has 14 heteroatoms. The predicted octanol–water partition coefficient (Wildman–Crippen LogP) is 2.91. The third-order valence-electron chi connectivity index (χ3n) is 1.47. The van der Waals surface area contributed by atoms with Crippen LogP contribution < -0.4 is 4.89 Å². The van der Waals surface area contributed by atoms with Crippen LogP contribution >= 0.6 is 7.82 Å². The largest absolute Gasteiger partial charge is 0.756 e. The van der Waals surface area contributed by atoms with Crippen LogP contribution in [0.25, 0.3) is 5.32 Å². The lowest BCUT2D eigenvalue weighted by Crippen LogP contribution is -2.35. The molecule has 0 unspecified atom stereocenters. The van der Waals surface area contributed by atoms with Gasteiger partial charge in [0.15, 0.2) is 0 Å². The zero-order valence-electron chi connectivity index (χ0n) is 11.1. The Morgan fingerprint density at radius 2 is 1.18 bits per heavy atom. The van der Waals surface area contributed by atoms with Crippen LogP contribution in [0, 0.1) is 0 Å². The maximum atomic E-state index is 12.2. The smallest absolute Gasteiger partial charge is 0.330 e. The molecule has 0 aromatic heterocycles. The van der Waals surface area contributed by atoms with Gasteiger partial charge in [-0.15, -0.1) is 0 Å². The molecule has 0 aromatic carbocycles. The molecule has 0 amide bonds. The number of phosphoric acid groups is 1. The van der Waals surface area contributed by atoms with Crippen LogP contribution in [0.2, 0.25) is 0 Å². The van der Waals surface area contributed by atoms with E-state index >= 15 is 0 Å². The summed E-state index contributed by atoms with van der Waals surface area (Å²) >= 11 is 0. The third kappa shape index (κ3) is 10.3. The van der Waals surface area contributed by atoms with E-state index in [4.69, 9.17) is 0 Å². The van der Waals surface area contributed by atoms with E-state index < -0.39 is 45.7 Å². The minimum atomic E-state index is -5.84. The van der Waals surface area contributed by atoms with E-state index in [1.54, 1.807) is 14.1 Å². The summed E-state index contributed by atoms with van der Waals surface area (Å²) in [5.74, 6) is -9.73. The van der Waals surface area contributed by atoms with Crippen LogP contribution in [0.1, 0.15) is 0 Å². The van der Waals surface area contributed by atoms with Gasteiger partial charge in [-0.2, -0.15) is 31.7 Å². The van der Waals surface area contributed by atoms with Gasteiger partial charge < -0.3 is 19.3 Å². The Labute approximate surface area is 120 Å². The Morgan fingerprint density at radius 1 is 0.955 bits per heavy atom. The lowest BCUT2D eigenvalue weighted by molar-refractivity contribution is -0.246. The zero-order chi connectivity index (χ0) is 18.2. The van der Waals surface area contributed by atoms with E-state index in [2.05, 4.69) is 14.4 Å². The van der Waals surface area contributed by atoms with Crippen molar-refractivity contribution in [1.29, 1.82) is 0 Å². The van der Waals surface area contributed by atoms with Gasteiger partial charge in [0.25, 0.3) is 7.82 Å². The lowest BCUT2D eigenvalue weighted by Gasteiger charge is -2.26. The van der Waals surface area contributed by atoms with Crippen LogP contribution in [0.3, 0.4) is 0 Å². The predicted molar refractivity (Wildman–Crippen MR) is 56.6 cm³/mol. The van der Waals surface area contributed by atoms with Gasteiger partial charge in [0, 0.05) is 0 Å². The molecular weight excluding hydrogens is 357 g/mol. The van der Waals surface area contributed by atoms with Gasteiger partial charge in [-0.3, -0.25) is 4.57 Å². The molecule has 0 atom stereocenters. The Kier molecular flexibility index (Phi) is 10.4. The Balaban J connectivity index is 0. The summed E-state index contributed by atoms with van der Waals surface area (Å²) in [7, 11) is -2.34. The first-order valence-electron chi connectivity index (χ1n) is 5.12. The minimum Gasteiger partial charge on any atom is -0.756 e. The highest BCUT2D eigenvalue weighted by Crippen LogP contribution is 2.42. The van der Waals surface area contributed by atoms with E-state index in [-0.39, 0.29) is 0 Å². The van der Waals surface area contributed by atoms with Crippen molar-refractivity contribution >= 4 is 7.82 Å². The van der Waals surface area contributed by atoms with E-state index in [0.29, 0.717) is 0 Å². The van der Waals surface area contributed by atoms with Gasteiger partial charge in [-0.05, 0) is 0 Å². The Hall–Kier alpha value is -0.490. The molecule has 0 aliphatic heterocycles. The SMILES string of the molecule is C[N-]C.O=P([O-])(OCC(F)(F)C(F)F)OCC(F)(F)C(F)F. The van der Waals surface area contributed by atoms with Crippen molar-refractivity contribution in [3.63, 3.8) is 0 Å². The molecule has 0 saturated heterocycles. The highest BCUT2D eigenvalue weighted by Gasteiger charge is 2.44. The van der Waals surface area contributed by atoms with Crippen molar-refractivity contribution in [2.24, 2.45) is 0 Å². The first kappa shape index (κ1) is 23.8. The van der Waals surface area contributed by atoms with Gasteiger partial charge in [0.2, 0.25) is 0 Å². The molecule has 0 radical (unpaired) electrons. The molecule has 5 nitrogen and oxygen atoms in total. The molecule has 22 heavy (non-hydrogen) atoms. The summed E-state index contributed by atoms with van der Waals surface area (Å²) in [6, 6.07) is 0. The number of alkyl halides is 8. The van der Waals surface area contributed by atoms with Crippen LogP contribution in [-0.2, 0) is 13.6 Å². The summed E-state index contributed by atoms with van der Waals surface area (Å²) in [5, 5.41) is 3.50. The van der Waals surface area contributed by atoms with Gasteiger partial charge >= 0.3 is 24.7 Å². The summed E-state index contributed by atoms with van der Waals surface area (Å²) < 4.78 is 112. The Bertz CT molecular complexity index is 329. The second kappa shape index (κ2) is 9.60. The van der Waals surface area contributed by atoms with Crippen molar-refractivity contribution in [3.05, 3.63) is 5.32 Å². The van der Waals surface area contributed by atoms with Crippen LogP contribution in [-0.4, -0.2) is 52.0 Å². The molecule has 0 aliphatic carbocycles. The van der Waals surface area contributed by atoms with Crippen molar-refractivity contribution in [2.45, 2.75) is 24.7 Å². The fraction of sp³-hybridized carbons (Fsp3) is 1.00. The number of hydrogen-bond donors (Lipinski definition) is 0. The van der Waals surface area contributed by atoms with E-state index in [1.807, 2.05) is 0 Å². The standard InChI is InChI=1S/C6H7F8O4P.C2H6N/c7-3(8)5(11,12)1-17-19(15,16)18-2-6(13,14)4(9)10;1-3-2/h3-4H,1-2H2,(H,15,16);1-2H3/q;-1/p-1. The van der Waals surface area contributed by atoms with Crippen molar-refractivity contribution in [2.75, 3.05) is 27.3 Å². The lowest BCUT2D eigenvalue weighted by atomic mass is 10.4. The fourth-order valence-corrected chi connectivity index (χ4v) is 1.23. The van der Waals surface area contributed by atoms with Crippen molar-refractivity contribution in [1.82, 2.24) is 0 Å². The molecule has 136 valence electrons. The van der Waals surface area contributed by atoms with Crippen molar-refractivity contribution < 1.29 is 53.6 Å². The average molecular weight is 369 g/mol. The number of halogens is 8. The maximum Gasteiger partial charge on any atom is 0.330 e. The monoisotopic (exact) mass is 369 g/mol. The molecule has 0 saturated carbocycles. The molecule has 0 rings (SSSR count). The van der Waals surface area contributed by atoms with E-state index in [1.165, 1.54) is 0 Å². The van der Waals surface area contributed by atoms with Gasteiger partial charge in [-0.25, -0.2) is 17.6 Å². The highest BCUT2D eigenvalue weighted by molar-refractivity contribution is 7.45. The summed E-state index contributed by atoms with van der Waals surface area (Å²) in [6.45, 7) is -4.74. The molecular formula is C8H12F8NO4P-2. The van der Waals surface area contributed by atoms with Crippen molar-refractivity contribution in [3.8, 4) is 0 Å². The summed E-state index contributed by atoms with van der Waals surface area (Å²) in [6.07, 6.45) is -8.54. The molecule has 0 aliphatic rings. The fourth-order valence-electron chi connectivity index (χ4n) is 0.493. The second-order valence-electron chi connectivity index (χ2n) is 3.56. The number of phosphoric ester groups is 1. The van der Waals surface area contributed by atoms with Gasteiger partial charge in [-0.1, -0.05) is 0 Å². The van der Waals surface area contributed by atoms with E-state index in [9.17, 15) is 44.6 Å². The highest BCUT2D eigenvalue weighted by atomic mass is 31.2. The van der Waals surface area contributed by atoms with Gasteiger partial charge in [0.1, 0.15) is 13.2 Å². The number of nitrogens with zero attached hydrogens (tertiary/aromatic N) is 1. The number of hydrogen-bond acceptors (Lipinski definition) is 4. The summed E-state index contributed by atoms with van der Waals surface area (Å²) in [5.41, 5.74) is 0. The normalized spacial score (nSPS) is 13.3. The van der Waals surface area contributed by atoms with Crippen LogP contribution in [0.4, 0.5) is 35.1 Å². The van der Waals surface area contributed by atoms with E-state index in [0.717, 1.165) is 0 Å². The average Bonchev–Trinajstić information content (AvgIpc) is 2.35. The van der Waals surface area contributed by atoms with Gasteiger partial charge in [0.05, 0.1) is 0 Å². The number of rotatable bonds is 8. The first-order valence-corrected chi connectivity index (χ1v) is 6.58. The molecule has 0 fully saturated rings. The first-order chi connectivity index (χ1) is 9.72. The molecule has 0 N–H and O–H groups in total. The maximum absolute atomic E-state index is 12.2. The molecule has 0 bridgehead atoms. The Morgan fingerprint density at radius 3 is 1.36 bits per heavy atom. The molecule has 0 heterocycles. The molecule has 0 spiro atoms. The quantitative estimate of drug-likeness (QED) is 0.487. The summed E-state index contributed by atoms with van der Waals surface area (Å²) in [4.78, 5) is 10.6. The third-order valence-corrected chi connectivity index (χ3v) is 2.36.